The molecule has 0 heterocycles. The van der Waals surface area contributed by atoms with Crippen LogP contribution in [0.3, 0.4) is 0 Å². The molecule has 0 saturated carbocycles. The van der Waals surface area contributed by atoms with Gasteiger partial charge in [-0.25, -0.2) is 0 Å². The summed E-state index contributed by atoms with van der Waals surface area (Å²) < 4.78 is 0. The monoisotopic (exact) mass is 371 g/mol. The van der Waals surface area contributed by atoms with Gasteiger partial charge in [0.1, 0.15) is 0 Å². The number of nitrogens with zero attached hydrogens (tertiary/aromatic N) is 1. The average molecular weight is 372 g/mol. The van der Waals surface area contributed by atoms with Gasteiger partial charge in [0.05, 0.1) is 0 Å². The second kappa shape index (κ2) is 11.3. The summed E-state index contributed by atoms with van der Waals surface area (Å²) in [5.41, 5.74) is 5.03. The fourth-order valence-electron chi connectivity index (χ4n) is 3.70. The molecule has 146 valence electrons. The van der Waals surface area contributed by atoms with E-state index in [4.69, 9.17) is 0 Å². The van der Waals surface area contributed by atoms with Gasteiger partial charge in [-0.2, -0.15) is 0 Å². The summed E-state index contributed by atoms with van der Waals surface area (Å²) in [7, 11) is 0. The maximum Gasteiger partial charge on any atom is 0.0461 e. The highest BCUT2D eigenvalue weighted by Crippen LogP contribution is 2.34. The molecule has 1 heteroatoms. The topological polar surface area (TPSA) is 3.24 Å². The summed E-state index contributed by atoms with van der Waals surface area (Å²) in [5.74, 6) is 0. The van der Waals surface area contributed by atoms with Gasteiger partial charge in [-0.3, -0.25) is 0 Å². The predicted octanol–water partition coefficient (Wildman–Crippen LogP) is 8.45. The Kier molecular flexibility index (Phi) is 8.18. The van der Waals surface area contributed by atoms with Crippen LogP contribution in [-0.4, -0.2) is 0 Å². The van der Waals surface area contributed by atoms with E-state index in [1.54, 1.807) is 0 Å². The zero-order chi connectivity index (χ0) is 19.4. The van der Waals surface area contributed by atoms with Crippen LogP contribution >= 0.6 is 0 Å². The summed E-state index contributed by atoms with van der Waals surface area (Å²) in [5, 5.41) is 0. The normalized spacial score (nSPS) is 10.8. The first-order valence-electron chi connectivity index (χ1n) is 10.9. The van der Waals surface area contributed by atoms with E-state index < -0.39 is 0 Å². The predicted molar refractivity (Wildman–Crippen MR) is 123 cm³/mol. The summed E-state index contributed by atoms with van der Waals surface area (Å²) in [6.45, 7) is 2.28. The van der Waals surface area contributed by atoms with Crippen molar-refractivity contribution in [2.75, 3.05) is 4.90 Å². The summed E-state index contributed by atoms with van der Waals surface area (Å²) >= 11 is 0. The molecule has 0 N–H and O–H groups in total. The van der Waals surface area contributed by atoms with Crippen LogP contribution in [0.15, 0.2) is 84.9 Å². The van der Waals surface area contributed by atoms with E-state index in [1.807, 2.05) is 0 Å². The molecule has 0 aliphatic heterocycles. The standard InChI is InChI=1S/C27H33N/c1-2-3-4-5-6-7-10-15-24-20-22-27(23-21-24)28(25-16-11-8-12-17-25)26-18-13-9-14-19-26/h8-9,11-14,16-23H,2-7,10,15H2,1H3. The van der Waals surface area contributed by atoms with Crippen molar-refractivity contribution in [3.8, 4) is 0 Å². The van der Waals surface area contributed by atoms with Crippen molar-refractivity contribution in [1.82, 2.24) is 0 Å². The fourth-order valence-corrected chi connectivity index (χ4v) is 3.70. The zero-order valence-electron chi connectivity index (χ0n) is 17.2. The van der Waals surface area contributed by atoms with Gasteiger partial charge in [-0.15, -0.1) is 0 Å². The van der Waals surface area contributed by atoms with Crippen LogP contribution in [-0.2, 0) is 6.42 Å². The third kappa shape index (κ3) is 5.99. The van der Waals surface area contributed by atoms with Crippen LogP contribution in [0.25, 0.3) is 0 Å². The van der Waals surface area contributed by atoms with E-state index in [0.717, 1.165) is 0 Å². The number of aryl methyl sites for hydroxylation is 1. The summed E-state index contributed by atoms with van der Waals surface area (Å²) in [6.07, 6.45) is 10.7. The second-order valence-corrected chi connectivity index (χ2v) is 7.54. The largest absolute Gasteiger partial charge is 0.311 e. The first-order valence-corrected chi connectivity index (χ1v) is 10.9. The van der Waals surface area contributed by atoms with Crippen molar-refractivity contribution in [3.05, 3.63) is 90.5 Å². The van der Waals surface area contributed by atoms with Crippen molar-refractivity contribution in [2.24, 2.45) is 0 Å². The Labute approximate surface area is 171 Å². The second-order valence-electron chi connectivity index (χ2n) is 7.54. The Balaban J connectivity index is 1.63. The van der Waals surface area contributed by atoms with Crippen molar-refractivity contribution in [1.29, 1.82) is 0 Å². The number of rotatable bonds is 11. The molecule has 0 aromatic heterocycles. The molecule has 0 amide bonds. The van der Waals surface area contributed by atoms with Gasteiger partial charge in [0.25, 0.3) is 0 Å². The summed E-state index contributed by atoms with van der Waals surface area (Å²) in [4.78, 5) is 2.32. The maximum absolute atomic E-state index is 2.32. The van der Waals surface area contributed by atoms with Crippen LogP contribution in [0.4, 0.5) is 17.1 Å². The highest BCUT2D eigenvalue weighted by atomic mass is 15.1. The van der Waals surface area contributed by atoms with Gasteiger partial charge in [0, 0.05) is 17.1 Å². The molecule has 3 aromatic carbocycles. The molecule has 0 spiro atoms. The van der Waals surface area contributed by atoms with E-state index in [9.17, 15) is 0 Å². The minimum Gasteiger partial charge on any atom is -0.311 e. The van der Waals surface area contributed by atoms with Crippen LogP contribution < -0.4 is 4.90 Å². The Bertz CT molecular complexity index is 738. The van der Waals surface area contributed by atoms with E-state index >= 15 is 0 Å². The molecule has 0 radical (unpaired) electrons. The number of benzene rings is 3. The lowest BCUT2D eigenvalue weighted by atomic mass is 10.0. The first-order chi connectivity index (χ1) is 13.9. The number of hydrogen-bond donors (Lipinski definition) is 0. The zero-order valence-corrected chi connectivity index (χ0v) is 17.2. The lowest BCUT2D eigenvalue weighted by Crippen LogP contribution is -2.09. The molecule has 0 bridgehead atoms. The fraction of sp³-hybridized carbons (Fsp3) is 0.333. The molecule has 0 fully saturated rings. The van der Waals surface area contributed by atoms with Gasteiger partial charge < -0.3 is 4.90 Å². The van der Waals surface area contributed by atoms with Gasteiger partial charge in [0.15, 0.2) is 0 Å². The smallest absolute Gasteiger partial charge is 0.0461 e. The van der Waals surface area contributed by atoms with Crippen molar-refractivity contribution in [2.45, 2.75) is 58.3 Å². The molecule has 0 saturated heterocycles. The van der Waals surface area contributed by atoms with Gasteiger partial charge in [0.2, 0.25) is 0 Å². The molecule has 3 aromatic rings. The highest BCUT2D eigenvalue weighted by molar-refractivity contribution is 5.76. The van der Waals surface area contributed by atoms with Crippen LogP contribution in [0, 0.1) is 0 Å². The van der Waals surface area contributed by atoms with Crippen molar-refractivity contribution >= 4 is 17.1 Å². The van der Waals surface area contributed by atoms with Crippen LogP contribution in [0.5, 0.6) is 0 Å². The molecule has 0 atom stereocenters. The van der Waals surface area contributed by atoms with Crippen molar-refractivity contribution in [3.63, 3.8) is 0 Å². The number of hydrogen-bond acceptors (Lipinski definition) is 1. The minimum absolute atomic E-state index is 1.19. The van der Waals surface area contributed by atoms with Crippen LogP contribution in [0.1, 0.15) is 57.4 Å². The quantitative estimate of drug-likeness (QED) is 0.306. The van der Waals surface area contributed by atoms with E-state index in [0.29, 0.717) is 0 Å². The molecule has 1 nitrogen and oxygen atoms in total. The lowest BCUT2D eigenvalue weighted by molar-refractivity contribution is 0.589. The number of para-hydroxylation sites is 2. The Morgan fingerprint density at radius 3 is 1.50 bits per heavy atom. The third-order valence-electron chi connectivity index (χ3n) is 5.29. The summed E-state index contributed by atoms with van der Waals surface area (Å²) in [6, 6.07) is 30.3. The van der Waals surface area contributed by atoms with E-state index in [-0.39, 0.29) is 0 Å². The molecule has 3 rings (SSSR count). The van der Waals surface area contributed by atoms with Crippen molar-refractivity contribution < 1.29 is 0 Å². The Morgan fingerprint density at radius 2 is 0.964 bits per heavy atom. The lowest BCUT2D eigenvalue weighted by Gasteiger charge is -2.25. The Morgan fingerprint density at radius 1 is 0.500 bits per heavy atom. The van der Waals surface area contributed by atoms with Gasteiger partial charge in [-0.1, -0.05) is 94.0 Å². The van der Waals surface area contributed by atoms with E-state index in [1.165, 1.54) is 74.0 Å². The molecule has 0 aliphatic carbocycles. The van der Waals surface area contributed by atoms with E-state index in [2.05, 4.69) is 96.8 Å². The third-order valence-corrected chi connectivity index (χ3v) is 5.29. The minimum atomic E-state index is 1.19. The highest BCUT2D eigenvalue weighted by Gasteiger charge is 2.11. The SMILES string of the molecule is CCCCCCCCCc1ccc(N(c2ccccc2)c2ccccc2)cc1. The molecular weight excluding hydrogens is 338 g/mol. The average Bonchev–Trinajstić information content (AvgIpc) is 2.76. The molecule has 0 aliphatic rings. The molecule has 28 heavy (non-hydrogen) atoms. The Hall–Kier alpha value is -2.54. The molecule has 0 unspecified atom stereocenters. The van der Waals surface area contributed by atoms with Crippen LogP contribution in [0.2, 0.25) is 0 Å². The first kappa shape index (κ1) is 20.2. The maximum atomic E-state index is 2.32. The van der Waals surface area contributed by atoms with Gasteiger partial charge in [-0.05, 0) is 54.8 Å². The molecular formula is C27H33N. The number of anilines is 3. The van der Waals surface area contributed by atoms with Gasteiger partial charge >= 0.3 is 0 Å². The number of unbranched alkanes of at least 4 members (excludes halogenated alkanes) is 6.